The predicted molar refractivity (Wildman–Crippen MR) is 50.3 cm³/mol. The van der Waals surface area contributed by atoms with Crippen molar-refractivity contribution in [3.8, 4) is 5.75 Å². The minimum atomic E-state index is -0.294. The average Bonchev–Trinajstić information content (AvgIpc) is 2.12. The van der Waals surface area contributed by atoms with E-state index in [4.69, 9.17) is 10.5 Å². The normalized spacial score (nSPS) is 10.2. The van der Waals surface area contributed by atoms with Gasteiger partial charge in [0.25, 0.3) is 0 Å². The van der Waals surface area contributed by atoms with Gasteiger partial charge in [-0.05, 0) is 30.5 Å². The monoisotopic (exact) mass is 183 g/mol. The van der Waals surface area contributed by atoms with Gasteiger partial charge in [-0.1, -0.05) is 6.07 Å². The summed E-state index contributed by atoms with van der Waals surface area (Å²) in [5.74, 6) is 0.0117. The van der Waals surface area contributed by atoms with E-state index in [0.717, 1.165) is 11.1 Å². The summed E-state index contributed by atoms with van der Waals surface area (Å²) < 4.78 is 18.4. The molecule has 0 aliphatic carbocycles. The van der Waals surface area contributed by atoms with Gasteiger partial charge in [-0.3, -0.25) is 0 Å². The molecule has 0 aliphatic heterocycles. The summed E-state index contributed by atoms with van der Waals surface area (Å²) in [4.78, 5) is 0. The molecule has 0 bridgehead atoms. The van der Waals surface area contributed by atoms with E-state index in [0.29, 0.717) is 17.9 Å². The molecule has 0 fully saturated rings. The number of hydrogen-bond donors (Lipinski definition) is 1. The summed E-state index contributed by atoms with van der Waals surface area (Å²) in [5.41, 5.74) is 7.80. The maximum atomic E-state index is 13.4. The lowest BCUT2D eigenvalue weighted by Gasteiger charge is -2.12. The van der Waals surface area contributed by atoms with Gasteiger partial charge >= 0.3 is 0 Å². The molecule has 72 valence electrons. The fourth-order valence-electron chi connectivity index (χ4n) is 1.38. The van der Waals surface area contributed by atoms with Crippen LogP contribution in [-0.4, -0.2) is 7.11 Å². The van der Waals surface area contributed by atoms with Crippen molar-refractivity contribution in [3.05, 3.63) is 28.6 Å². The number of aryl methyl sites for hydroxylation is 1. The van der Waals surface area contributed by atoms with E-state index in [1.807, 2.05) is 6.92 Å². The summed E-state index contributed by atoms with van der Waals surface area (Å²) in [6.45, 7) is 3.92. The van der Waals surface area contributed by atoms with Crippen molar-refractivity contribution in [1.82, 2.24) is 0 Å². The van der Waals surface area contributed by atoms with E-state index in [1.54, 1.807) is 13.0 Å². The first-order valence-electron chi connectivity index (χ1n) is 4.14. The van der Waals surface area contributed by atoms with Crippen LogP contribution in [0.4, 0.5) is 4.39 Å². The van der Waals surface area contributed by atoms with Gasteiger partial charge in [0.1, 0.15) is 0 Å². The molecule has 3 heteroatoms. The van der Waals surface area contributed by atoms with E-state index in [1.165, 1.54) is 7.11 Å². The summed E-state index contributed by atoms with van der Waals surface area (Å²) in [5, 5.41) is 0. The average molecular weight is 183 g/mol. The highest BCUT2D eigenvalue weighted by Crippen LogP contribution is 2.27. The molecule has 0 unspecified atom stereocenters. The third kappa shape index (κ3) is 1.65. The van der Waals surface area contributed by atoms with Crippen LogP contribution in [0.1, 0.15) is 16.7 Å². The van der Waals surface area contributed by atoms with E-state index in [-0.39, 0.29) is 5.82 Å². The zero-order valence-electron chi connectivity index (χ0n) is 8.15. The minimum absolute atomic E-state index is 0.294. The highest BCUT2D eigenvalue weighted by atomic mass is 19.1. The molecule has 1 aromatic rings. The summed E-state index contributed by atoms with van der Waals surface area (Å²) in [7, 11) is 1.46. The topological polar surface area (TPSA) is 35.2 Å². The van der Waals surface area contributed by atoms with Crippen LogP contribution in [0.3, 0.4) is 0 Å². The second-order valence-corrected chi connectivity index (χ2v) is 3.03. The second-order valence-electron chi connectivity index (χ2n) is 3.03. The zero-order chi connectivity index (χ0) is 10.0. The van der Waals surface area contributed by atoms with Gasteiger partial charge in [0.2, 0.25) is 0 Å². The molecular formula is C10H14FNO. The summed E-state index contributed by atoms with van der Waals surface area (Å²) in [6, 6.07) is 1.76. The Morgan fingerprint density at radius 2 is 2.08 bits per heavy atom. The van der Waals surface area contributed by atoms with Crippen molar-refractivity contribution in [1.29, 1.82) is 0 Å². The number of methoxy groups -OCH3 is 1. The Bertz CT molecular complexity index is 323. The lowest BCUT2D eigenvalue weighted by molar-refractivity contribution is 0.381. The molecular weight excluding hydrogens is 169 g/mol. The van der Waals surface area contributed by atoms with Gasteiger partial charge < -0.3 is 10.5 Å². The van der Waals surface area contributed by atoms with Crippen molar-refractivity contribution in [2.75, 3.05) is 7.11 Å². The van der Waals surface area contributed by atoms with Crippen LogP contribution in [-0.2, 0) is 6.54 Å². The Morgan fingerprint density at radius 1 is 1.46 bits per heavy atom. The third-order valence-electron chi connectivity index (χ3n) is 2.18. The fourth-order valence-corrected chi connectivity index (χ4v) is 1.38. The molecule has 0 saturated carbocycles. The molecule has 0 radical (unpaired) electrons. The van der Waals surface area contributed by atoms with Crippen molar-refractivity contribution in [3.63, 3.8) is 0 Å². The largest absolute Gasteiger partial charge is 0.493 e. The van der Waals surface area contributed by atoms with Crippen LogP contribution in [0.25, 0.3) is 0 Å². The molecule has 2 nitrogen and oxygen atoms in total. The fraction of sp³-hybridized carbons (Fsp3) is 0.400. The van der Waals surface area contributed by atoms with Crippen LogP contribution in [0.5, 0.6) is 5.75 Å². The Balaban J connectivity index is 3.39. The third-order valence-corrected chi connectivity index (χ3v) is 2.18. The van der Waals surface area contributed by atoms with Gasteiger partial charge in [0.15, 0.2) is 11.6 Å². The van der Waals surface area contributed by atoms with Crippen LogP contribution >= 0.6 is 0 Å². The zero-order valence-corrected chi connectivity index (χ0v) is 8.15. The van der Waals surface area contributed by atoms with E-state index < -0.39 is 0 Å². The second kappa shape index (κ2) is 3.75. The first-order chi connectivity index (χ1) is 6.11. The lowest BCUT2D eigenvalue weighted by atomic mass is 10.0. The number of nitrogens with two attached hydrogens (primary N) is 1. The van der Waals surface area contributed by atoms with Crippen LogP contribution in [0, 0.1) is 19.7 Å². The molecule has 0 saturated heterocycles. The van der Waals surface area contributed by atoms with E-state index in [2.05, 4.69) is 0 Å². The number of hydrogen-bond acceptors (Lipinski definition) is 2. The van der Waals surface area contributed by atoms with Crippen LogP contribution < -0.4 is 10.5 Å². The van der Waals surface area contributed by atoms with Crippen molar-refractivity contribution in [2.24, 2.45) is 5.73 Å². The maximum Gasteiger partial charge on any atom is 0.168 e. The minimum Gasteiger partial charge on any atom is -0.493 e. The van der Waals surface area contributed by atoms with Crippen molar-refractivity contribution < 1.29 is 9.13 Å². The number of rotatable bonds is 2. The van der Waals surface area contributed by atoms with E-state index in [9.17, 15) is 4.39 Å². The summed E-state index contributed by atoms with van der Waals surface area (Å²) in [6.07, 6.45) is 0. The standard InChI is InChI=1S/C10H14FNO/c1-6-4-8(5-12)7(2)10(13-3)9(6)11/h4H,5,12H2,1-3H3. The Morgan fingerprint density at radius 3 is 2.54 bits per heavy atom. The first kappa shape index (κ1) is 9.99. The van der Waals surface area contributed by atoms with Crippen LogP contribution in [0.15, 0.2) is 6.07 Å². The molecule has 0 atom stereocenters. The first-order valence-corrected chi connectivity index (χ1v) is 4.14. The van der Waals surface area contributed by atoms with Gasteiger partial charge in [-0.15, -0.1) is 0 Å². The quantitative estimate of drug-likeness (QED) is 0.760. The van der Waals surface area contributed by atoms with Crippen molar-refractivity contribution >= 4 is 0 Å². The molecule has 0 heterocycles. The van der Waals surface area contributed by atoms with Gasteiger partial charge in [0.05, 0.1) is 7.11 Å². The Labute approximate surface area is 77.5 Å². The Kier molecular flexibility index (Phi) is 2.88. The molecule has 0 amide bonds. The van der Waals surface area contributed by atoms with Gasteiger partial charge in [-0.2, -0.15) is 0 Å². The van der Waals surface area contributed by atoms with Crippen molar-refractivity contribution in [2.45, 2.75) is 20.4 Å². The highest BCUT2D eigenvalue weighted by molar-refractivity contribution is 5.44. The lowest BCUT2D eigenvalue weighted by Crippen LogP contribution is -2.04. The SMILES string of the molecule is COc1c(C)c(CN)cc(C)c1F. The highest BCUT2D eigenvalue weighted by Gasteiger charge is 2.12. The molecule has 2 N–H and O–H groups in total. The number of halogens is 1. The van der Waals surface area contributed by atoms with E-state index >= 15 is 0 Å². The summed E-state index contributed by atoms with van der Waals surface area (Å²) >= 11 is 0. The molecule has 1 aromatic carbocycles. The molecule has 0 aliphatic rings. The molecule has 1 rings (SSSR count). The van der Waals surface area contributed by atoms with Gasteiger partial charge in [-0.25, -0.2) is 4.39 Å². The number of ether oxygens (including phenoxy) is 1. The predicted octanol–water partition coefficient (Wildman–Crippen LogP) is 1.91. The Hall–Kier alpha value is -1.09. The smallest absolute Gasteiger partial charge is 0.168 e. The number of benzene rings is 1. The molecule has 0 aromatic heterocycles. The molecule has 0 spiro atoms. The maximum absolute atomic E-state index is 13.4. The van der Waals surface area contributed by atoms with Gasteiger partial charge in [0, 0.05) is 6.54 Å². The molecule has 13 heavy (non-hydrogen) atoms. The van der Waals surface area contributed by atoms with Crippen LogP contribution in [0.2, 0.25) is 0 Å².